The van der Waals surface area contributed by atoms with Gasteiger partial charge in [0.2, 0.25) is 11.8 Å². The van der Waals surface area contributed by atoms with Gasteiger partial charge in [-0.25, -0.2) is 13.7 Å². The van der Waals surface area contributed by atoms with Crippen molar-refractivity contribution in [2.24, 2.45) is 23.7 Å². The van der Waals surface area contributed by atoms with Gasteiger partial charge in [0.1, 0.15) is 5.69 Å². The number of hydrogen-bond acceptors (Lipinski definition) is 2. The van der Waals surface area contributed by atoms with Crippen LogP contribution in [0.3, 0.4) is 0 Å². The highest BCUT2D eigenvalue weighted by Gasteiger charge is 2.60. The molecule has 0 radical (unpaired) electrons. The Morgan fingerprint density at radius 3 is 1.95 bits per heavy atom. The van der Waals surface area contributed by atoms with Crippen molar-refractivity contribution in [3.05, 3.63) is 40.4 Å². The minimum atomic E-state index is -0.913. The van der Waals surface area contributed by atoms with E-state index in [1.165, 1.54) is 0 Å². The van der Waals surface area contributed by atoms with Crippen molar-refractivity contribution in [1.82, 2.24) is 0 Å². The fourth-order valence-corrected chi connectivity index (χ4v) is 4.27. The van der Waals surface area contributed by atoms with Gasteiger partial charge in [0.05, 0.1) is 11.8 Å². The molecule has 2 fully saturated rings. The van der Waals surface area contributed by atoms with E-state index < -0.39 is 41.0 Å². The summed E-state index contributed by atoms with van der Waals surface area (Å²) in [7, 11) is 0. The molecule has 1 aromatic rings. The lowest BCUT2D eigenvalue weighted by atomic mass is 9.85. The van der Waals surface area contributed by atoms with Crippen LogP contribution in [0.2, 0.25) is 0 Å². The van der Waals surface area contributed by atoms with Crippen LogP contribution in [0.25, 0.3) is 0 Å². The second-order valence-electron chi connectivity index (χ2n) is 5.73. The second-order valence-corrected chi connectivity index (χ2v) is 6.65. The number of nitrogens with zero attached hydrogens (tertiary/aromatic N) is 1. The maximum atomic E-state index is 14.1. The van der Waals surface area contributed by atoms with Gasteiger partial charge in [-0.05, 0) is 30.4 Å². The quantitative estimate of drug-likeness (QED) is 0.574. The summed E-state index contributed by atoms with van der Waals surface area (Å²) in [5, 5.41) is 0. The van der Waals surface area contributed by atoms with Crippen LogP contribution < -0.4 is 4.90 Å². The van der Waals surface area contributed by atoms with Crippen LogP contribution in [0.4, 0.5) is 14.5 Å². The van der Waals surface area contributed by atoms with E-state index in [0.717, 1.165) is 18.6 Å². The Hall–Kier alpha value is -1.56. The van der Waals surface area contributed by atoms with Gasteiger partial charge in [-0.3, -0.25) is 9.59 Å². The fourth-order valence-electron chi connectivity index (χ4n) is 3.87. The minimum Gasteiger partial charge on any atom is -0.274 e. The first-order valence-corrected chi connectivity index (χ1v) is 7.49. The summed E-state index contributed by atoms with van der Waals surface area (Å²) in [6, 6.07) is 2.11. The number of hydrogen-bond donors (Lipinski definition) is 0. The molecule has 6 heteroatoms. The first-order chi connectivity index (χ1) is 9.99. The largest absolute Gasteiger partial charge is 0.274 e. The van der Waals surface area contributed by atoms with Crippen LogP contribution in [0.15, 0.2) is 28.8 Å². The molecule has 4 atom stereocenters. The Labute approximate surface area is 127 Å². The van der Waals surface area contributed by atoms with Crippen LogP contribution in [-0.2, 0) is 9.59 Å². The van der Waals surface area contributed by atoms with Crippen molar-refractivity contribution in [2.45, 2.75) is 6.42 Å². The molecular weight excluding hydrogens is 344 g/mol. The minimum absolute atomic E-state index is 0.0167. The van der Waals surface area contributed by atoms with Gasteiger partial charge < -0.3 is 0 Å². The van der Waals surface area contributed by atoms with E-state index in [9.17, 15) is 18.4 Å². The number of imide groups is 1. The van der Waals surface area contributed by atoms with Crippen molar-refractivity contribution in [1.29, 1.82) is 0 Å². The van der Waals surface area contributed by atoms with Crippen LogP contribution >= 0.6 is 15.9 Å². The van der Waals surface area contributed by atoms with E-state index in [1.54, 1.807) is 0 Å². The molecule has 1 aromatic carbocycles. The zero-order valence-electron chi connectivity index (χ0n) is 10.7. The third-order valence-electron chi connectivity index (χ3n) is 4.68. The van der Waals surface area contributed by atoms with Crippen molar-refractivity contribution in [3.8, 4) is 0 Å². The Morgan fingerprint density at radius 2 is 1.48 bits per heavy atom. The molecule has 1 aliphatic heterocycles. The lowest BCUT2D eigenvalue weighted by Gasteiger charge is -2.18. The molecule has 0 N–H and O–H groups in total. The van der Waals surface area contributed by atoms with Crippen LogP contribution in [0.1, 0.15) is 6.42 Å². The Kier molecular flexibility index (Phi) is 2.64. The summed E-state index contributed by atoms with van der Waals surface area (Å²) < 4.78 is 28.4. The standard InChI is InChI=1S/C15H10BrF2NO2/c16-8-4-9(17)13(10(18)5-8)19-14(20)11-6-1-2-7(3-6)12(11)15(19)21/h1-2,4-7,11-12H,3H2. The number of rotatable bonds is 1. The Morgan fingerprint density at radius 1 is 1.00 bits per heavy atom. The molecule has 1 saturated heterocycles. The van der Waals surface area contributed by atoms with Crippen molar-refractivity contribution < 1.29 is 18.4 Å². The second kappa shape index (κ2) is 4.22. The highest BCUT2D eigenvalue weighted by atomic mass is 79.9. The van der Waals surface area contributed by atoms with Crippen LogP contribution in [0.5, 0.6) is 0 Å². The Bertz CT molecular complexity index is 665. The predicted molar refractivity (Wildman–Crippen MR) is 74.3 cm³/mol. The molecule has 4 rings (SSSR count). The first-order valence-electron chi connectivity index (χ1n) is 6.69. The zero-order chi connectivity index (χ0) is 14.9. The topological polar surface area (TPSA) is 37.4 Å². The van der Waals surface area contributed by atoms with Gasteiger partial charge in [0.15, 0.2) is 11.6 Å². The monoisotopic (exact) mass is 353 g/mol. The fraction of sp³-hybridized carbons (Fsp3) is 0.333. The number of anilines is 1. The van der Waals surface area contributed by atoms with Gasteiger partial charge in [-0.1, -0.05) is 28.1 Å². The maximum Gasteiger partial charge on any atom is 0.238 e. The average molecular weight is 354 g/mol. The lowest BCUT2D eigenvalue weighted by Crippen LogP contribution is -2.34. The molecule has 0 aromatic heterocycles. The van der Waals surface area contributed by atoms with Crippen molar-refractivity contribution in [3.63, 3.8) is 0 Å². The molecule has 2 amide bonds. The number of allylic oxidation sites excluding steroid dienone is 2. The van der Waals surface area contributed by atoms with Gasteiger partial charge in [-0.15, -0.1) is 0 Å². The molecule has 108 valence electrons. The summed E-state index contributed by atoms with van der Waals surface area (Å²) in [5.41, 5.74) is -0.554. The van der Waals surface area contributed by atoms with Crippen LogP contribution in [-0.4, -0.2) is 11.8 Å². The molecule has 2 aliphatic carbocycles. The van der Waals surface area contributed by atoms with E-state index in [4.69, 9.17) is 0 Å². The number of halogens is 3. The summed E-state index contributed by atoms with van der Waals surface area (Å²) in [6.07, 6.45) is 4.66. The highest BCUT2D eigenvalue weighted by Crippen LogP contribution is 2.53. The van der Waals surface area contributed by atoms with Gasteiger partial charge >= 0.3 is 0 Å². The lowest BCUT2D eigenvalue weighted by molar-refractivity contribution is -0.123. The van der Waals surface area contributed by atoms with Crippen LogP contribution in [0, 0.1) is 35.3 Å². The normalized spacial score (nSPS) is 33.2. The van der Waals surface area contributed by atoms with Crippen molar-refractivity contribution >= 4 is 33.4 Å². The van der Waals surface area contributed by atoms with Gasteiger partial charge in [0.25, 0.3) is 0 Å². The van der Waals surface area contributed by atoms with Gasteiger partial charge in [-0.2, -0.15) is 0 Å². The maximum absolute atomic E-state index is 14.1. The first kappa shape index (κ1) is 13.1. The van der Waals surface area contributed by atoms with E-state index >= 15 is 0 Å². The molecule has 2 bridgehead atoms. The van der Waals surface area contributed by atoms with E-state index in [-0.39, 0.29) is 16.3 Å². The number of carbonyl (C=O) groups excluding carboxylic acids is 2. The molecule has 21 heavy (non-hydrogen) atoms. The van der Waals surface area contributed by atoms with Crippen molar-refractivity contribution in [2.75, 3.05) is 4.90 Å². The summed E-state index contributed by atoms with van der Waals surface area (Å²) in [4.78, 5) is 25.7. The smallest absolute Gasteiger partial charge is 0.238 e. The summed E-state index contributed by atoms with van der Waals surface area (Å²) >= 11 is 2.99. The number of benzene rings is 1. The summed E-state index contributed by atoms with van der Waals surface area (Å²) in [6.45, 7) is 0. The predicted octanol–water partition coefficient (Wildman–Crippen LogP) is 3.04. The molecular formula is C15H10BrF2NO2. The zero-order valence-corrected chi connectivity index (χ0v) is 12.3. The Balaban J connectivity index is 1.82. The number of carbonyl (C=O) groups is 2. The van der Waals surface area contributed by atoms with Gasteiger partial charge in [0, 0.05) is 4.47 Å². The molecule has 1 heterocycles. The molecule has 3 aliphatic rings. The molecule has 1 saturated carbocycles. The van der Waals surface area contributed by atoms with E-state index in [2.05, 4.69) is 15.9 Å². The third kappa shape index (κ3) is 1.62. The third-order valence-corrected chi connectivity index (χ3v) is 5.13. The summed E-state index contributed by atoms with van der Waals surface area (Å²) in [5.74, 6) is -3.69. The molecule has 4 unspecified atom stereocenters. The number of amides is 2. The van der Waals surface area contributed by atoms with E-state index in [0.29, 0.717) is 4.90 Å². The molecule has 3 nitrogen and oxygen atoms in total. The SMILES string of the molecule is O=C1C2C3C=CC(C3)C2C(=O)N1c1c(F)cc(Br)cc1F. The number of fused-ring (bicyclic) bond motifs is 5. The molecule has 0 spiro atoms. The highest BCUT2D eigenvalue weighted by molar-refractivity contribution is 9.10. The average Bonchev–Trinajstić information content (AvgIpc) is 3.06. The van der Waals surface area contributed by atoms with E-state index in [1.807, 2.05) is 12.2 Å².